The van der Waals surface area contributed by atoms with Crippen LogP contribution >= 0.6 is 0 Å². The van der Waals surface area contributed by atoms with Gasteiger partial charge in [-0.2, -0.15) is 0 Å². The third-order valence-corrected chi connectivity index (χ3v) is 3.46. The highest BCUT2D eigenvalue weighted by molar-refractivity contribution is 5.88. The monoisotopic (exact) mass is 280 g/mol. The molecule has 1 aliphatic rings. The lowest BCUT2D eigenvalue weighted by molar-refractivity contribution is 0.0692. The Morgan fingerprint density at radius 1 is 1.55 bits per heavy atom. The van der Waals surface area contributed by atoms with Crippen LogP contribution in [0.3, 0.4) is 0 Å². The van der Waals surface area contributed by atoms with Crippen molar-refractivity contribution in [2.45, 2.75) is 25.1 Å². The Labute approximate surface area is 117 Å². The molecule has 0 aromatic carbocycles. The molecule has 0 amide bonds. The first-order valence-electron chi connectivity index (χ1n) is 6.56. The number of aliphatic hydroxyl groups excluding tert-OH is 1. The van der Waals surface area contributed by atoms with E-state index in [1.807, 2.05) is 14.1 Å². The fraction of sp³-hybridized carbons (Fsp3) is 0.615. The summed E-state index contributed by atoms with van der Waals surface area (Å²) in [6.07, 6.45) is 3.01. The van der Waals surface area contributed by atoms with E-state index in [1.165, 1.54) is 12.5 Å². The Balaban J connectivity index is 2.14. The Morgan fingerprint density at radius 2 is 2.30 bits per heavy atom. The molecule has 110 valence electrons. The molecule has 2 atom stereocenters. The number of carbonyl (C=O) groups is 1. The van der Waals surface area contributed by atoms with E-state index in [4.69, 9.17) is 5.11 Å². The fourth-order valence-electron chi connectivity index (χ4n) is 2.61. The van der Waals surface area contributed by atoms with Gasteiger partial charge in [0.05, 0.1) is 11.8 Å². The molecular weight excluding hydrogens is 260 g/mol. The smallest absolute Gasteiger partial charge is 0.339 e. The third-order valence-electron chi connectivity index (χ3n) is 3.46. The average Bonchev–Trinajstić information content (AvgIpc) is 2.69. The van der Waals surface area contributed by atoms with E-state index in [2.05, 4.69) is 19.8 Å². The van der Waals surface area contributed by atoms with Crippen molar-refractivity contribution in [3.63, 3.8) is 0 Å². The van der Waals surface area contributed by atoms with Crippen LogP contribution in [0.15, 0.2) is 12.5 Å². The van der Waals surface area contributed by atoms with Gasteiger partial charge in [0.15, 0.2) is 0 Å². The number of β-amino-alcohol motifs (C(OH)–C–C–N with tert-alkyl or cyclic N) is 1. The van der Waals surface area contributed by atoms with Gasteiger partial charge in [0.25, 0.3) is 0 Å². The molecule has 1 fully saturated rings. The van der Waals surface area contributed by atoms with Crippen molar-refractivity contribution in [2.24, 2.45) is 0 Å². The molecule has 0 bridgehead atoms. The van der Waals surface area contributed by atoms with E-state index >= 15 is 0 Å². The van der Waals surface area contributed by atoms with Gasteiger partial charge in [0.1, 0.15) is 11.9 Å². The number of nitrogens with zero attached hydrogens (tertiary/aromatic N) is 4. The first-order valence-corrected chi connectivity index (χ1v) is 6.56. The average molecular weight is 280 g/mol. The Hall–Kier alpha value is -1.57. The van der Waals surface area contributed by atoms with Crippen LogP contribution in [-0.4, -0.2) is 75.3 Å². The molecule has 2 heterocycles. The molecular formula is C13H20N4O3. The Kier molecular flexibility index (Phi) is 4.64. The second-order valence-corrected chi connectivity index (χ2v) is 5.42. The minimum atomic E-state index is -1.02. The minimum absolute atomic E-state index is 0.123. The number of carboxylic acids is 1. The highest BCUT2D eigenvalue weighted by atomic mass is 16.4. The molecule has 1 aromatic heterocycles. The zero-order valence-electron chi connectivity index (χ0n) is 11.7. The molecule has 0 spiro atoms. The van der Waals surface area contributed by atoms with Gasteiger partial charge in [0, 0.05) is 31.9 Å². The number of hydrogen-bond acceptors (Lipinski definition) is 6. The maximum atomic E-state index is 11.2. The third kappa shape index (κ3) is 3.50. The van der Waals surface area contributed by atoms with Crippen LogP contribution in [0.25, 0.3) is 0 Å². The van der Waals surface area contributed by atoms with Gasteiger partial charge in [-0.1, -0.05) is 0 Å². The topological polar surface area (TPSA) is 89.8 Å². The SMILES string of the molecule is CN(C)CC1CC(O)CN1Cc1ncncc1C(=O)O. The zero-order valence-corrected chi connectivity index (χ0v) is 11.7. The van der Waals surface area contributed by atoms with Gasteiger partial charge in [-0.15, -0.1) is 0 Å². The summed E-state index contributed by atoms with van der Waals surface area (Å²) in [6, 6.07) is 0.205. The highest BCUT2D eigenvalue weighted by Gasteiger charge is 2.32. The lowest BCUT2D eigenvalue weighted by atomic mass is 10.1. The van der Waals surface area contributed by atoms with Crippen molar-refractivity contribution >= 4 is 5.97 Å². The Bertz CT molecular complexity index is 480. The van der Waals surface area contributed by atoms with Crippen molar-refractivity contribution in [1.82, 2.24) is 19.8 Å². The summed E-state index contributed by atoms with van der Waals surface area (Å²) in [5, 5.41) is 19.0. The molecule has 1 aliphatic heterocycles. The zero-order chi connectivity index (χ0) is 14.7. The van der Waals surface area contributed by atoms with E-state index in [-0.39, 0.29) is 17.7 Å². The quantitative estimate of drug-likeness (QED) is 0.763. The number of aliphatic hydroxyl groups is 1. The molecule has 2 rings (SSSR count). The maximum Gasteiger partial charge on any atom is 0.339 e. The first-order chi connectivity index (χ1) is 9.47. The van der Waals surface area contributed by atoms with E-state index in [9.17, 15) is 9.90 Å². The van der Waals surface area contributed by atoms with Crippen molar-refractivity contribution in [1.29, 1.82) is 0 Å². The lowest BCUT2D eigenvalue weighted by Gasteiger charge is -2.26. The summed E-state index contributed by atoms with van der Waals surface area (Å²) in [6.45, 7) is 1.78. The van der Waals surface area contributed by atoms with Crippen LogP contribution in [-0.2, 0) is 6.54 Å². The number of aromatic carboxylic acids is 1. The molecule has 0 radical (unpaired) electrons. The summed E-state index contributed by atoms with van der Waals surface area (Å²) in [4.78, 5) is 23.1. The standard InChI is InChI=1S/C13H20N4O3/c1-16(2)5-9-3-10(18)6-17(9)7-12-11(13(19)20)4-14-8-15-12/h4,8-10,18H,3,5-7H2,1-2H3,(H,19,20). The number of carboxylic acid groups (broad SMARTS) is 1. The fourth-order valence-corrected chi connectivity index (χ4v) is 2.61. The van der Waals surface area contributed by atoms with Gasteiger partial charge < -0.3 is 15.1 Å². The van der Waals surface area contributed by atoms with Crippen molar-refractivity contribution in [3.05, 3.63) is 23.8 Å². The molecule has 2 N–H and O–H groups in total. The van der Waals surface area contributed by atoms with Gasteiger partial charge in [-0.25, -0.2) is 14.8 Å². The maximum absolute atomic E-state index is 11.2. The minimum Gasteiger partial charge on any atom is -0.478 e. The van der Waals surface area contributed by atoms with Crippen LogP contribution in [0, 0.1) is 0 Å². The van der Waals surface area contributed by atoms with Gasteiger partial charge >= 0.3 is 5.97 Å². The van der Waals surface area contributed by atoms with Crippen LogP contribution in [0.2, 0.25) is 0 Å². The molecule has 1 aromatic rings. The number of aromatic nitrogens is 2. The van der Waals surface area contributed by atoms with E-state index in [1.54, 1.807) is 0 Å². The van der Waals surface area contributed by atoms with Crippen molar-refractivity contribution in [2.75, 3.05) is 27.2 Å². The van der Waals surface area contributed by atoms with Gasteiger partial charge in [-0.3, -0.25) is 4.90 Å². The summed E-state index contributed by atoms with van der Waals surface area (Å²) in [7, 11) is 3.96. The Morgan fingerprint density at radius 3 is 2.95 bits per heavy atom. The highest BCUT2D eigenvalue weighted by Crippen LogP contribution is 2.21. The second kappa shape index (κ2) is 6.25. The summed E-state index contributed by atoms with van der Waals surface area (Å²) < 4.78 is 0. The second-order valence-electron chi connectivity index (χ2n) is 5.42. The molecule has 0 aliphatic carbocycles. The molecule has 0 saturated carbocycles. The van der Waals surface area contributed by atoms with Gasteiger partial charge in [-0.05, 0) is 20.5 Å². The van der Waals surface area contributed by atoms with Crippen molar-refractivity contribution < 1.29 is 15.0 Å². The summed E-state index contributed by atoms with van der Waals surface area (Å²) >= 11 is 0. The number of likely N-dealkylation sites (N-methyl/N-ethyl adjacent to an activating group) is 1. The predicted octanol–water partition coefficient (Wildman–Crippen LogP) is -0.328. The van der Waals surface area contributed by atoms with Crippen LogP contribution in [0.4, 0.5) is 0 Å². The molecule has 7 heteroatoms. The van der Waals surface area contributed by atoms with E-state index in [0.29, 0.717) is 25.2 Å². The molecule has 7 nitrogen and oxygen atoms in total. The largest absolute Gasteiger partial charge is 0.478 e. The van der Waals surface area contributed by atoms with Crippen LogP contribution < -0.4 is 0 Å². The van der Waals surface area contributed by atoms with E-state index < -0.39 is 5.97 Å². The van der Waals surface area contributed by atoms with E-state index in [0.717, 1.165) is 6.54 Å². The van der Waals surface area contributed by atoms with Crippen molar-refractivity contribution in [3.8, 4) is 0 Å². The molecule has 1 saturated heterocycles. The van der Waals surface area contributed by atoms with Crippen LogP contribution in [0.1, 0.15) is 22.5 Å². The number of likely N-dealkylation sites (tertiary alicyclic amines) is 1. The first kappa shape index (κ1) is 14.8. The molecule has 2 unspecified atom stereocenters. The summed E-state index contributed by atoms with van der Waals surface area (Å²) in [5.41, 5.74) is 0.614. The number of hydrogen-bond donors (Lipinski definition) is 2. The normalized spacial score (nSPS) is 23.4. The summed E-state index contributed by atoms with van der Waals surface area (Å²) in [5.74, 6) is -1.02. The van der Waals surface area contributed by atoms with Gasteiger partial charge in [0.2, 0.25) is 0 Å². The lowest BCUT2D eigenvalue weighted by Crippen LogP contribution is -2.37. The predicted molar refractivity (Wildman–Crippen MR) is 72.4 cm³/mol. The van der Waals surface area contributed by atoms with Crippen LogP contribution in [0.5, 0.6) is 0 Å². The molecule has 20 heavy (non-hydrogen) atoms. The number of rotatable bonds is 5.